The molecule has 0 bridgehead atoms. The van der Waals surface area contributed by atoms with Gasteiger partial charge >= 0.3 is 0 Å². The minimum absolute atomic E-state index is 0. The molecule has 0 spiro atoms. The molecule has 0 saturated carbocycles. The third-order valence-corrected chi connectivity index (χ3v) is 2.52. The summed E-state index contributed by atoms with van der Waals surface area (Å²) < 4.78 is 18.8. The van der Waals surface area contributed by atoms with Gasteiger partial charge in [0.2, 0.25) is 0 Å². The molecule has 0 aliphatic rings. The third-order valence-electron chi connectivity index (χ3n) is 2.52. The molecule has 0 saturated heterocycles. The lowest BCUT2D eigenvalue weighted by Crippen LogP contribution is -2.45. The zero-order valence-electron chi connectivity index (χ0n) is 13.0. The lowest BCUT2D eigenvalue weighted by Gasteiger charge is -2.22. The van der Waals surface area contributed by atoms with E-state index in [-0.39, 0.29) is 41.4 Å². The SMILES string of the molecule is CCC(CN=C(N)NC(C)(C)C)Oc1cccc(F)c1.I. The zero-order valence-corrected chi connectivity index (χ0v) is 15.4. The number of halogens is 2. The first-order valence-corrected chi connectivity index (χ1v) is 6.80. The van der Waals surface area contributed by atoms with Crippen molar-refractivity contribution in [2.75, 3.05) is 6.54 Å². The Morgan fingerprint density at radius 2 is 2.10 bits per heavy atom. The van der Waals surface area contributed by atoms with Crippen LogP contribution in [0.25, 0.3) is 0 Å². The fourth-order valence-corrected chi connectivity index (χ4v) is 1.61. The quantitative estimate of drug-likeness (QED) is 0.446. The van der Waals surface area contributed by atoms with E-state index in [9.17, 15) is 4.39 Å². The van der Waals surface area contributed by atoms with Gasteiger partial charge in [-0.1, -0.05) is 13.0 Å². The molecule has 1 unspecified atom stereocenters. The normalized spacial score (nSPS) is 13.3. The molecule has 3 N–H and O–H groups in total. The highest BCUT2D eigenvalue weighted by molar-refractivity contribution is 14.0. The number of hydrogen-bond donors (Lipinski definition) is 2. The van der Waals surface area contributed by atoms with Gasteiger partial charge < -0.3 is 15.8 Å². The molecular formula is C15H25FIN3O. The Morgan fingerprint density at radius 3 is 2.62 bits per heavy atom. The number of nitrogens with two attached hydrogens (primary N) is 1. The van der Waals surface area contributed by atoms with Crippen LogP contribution < -0.4 is 15.8 Å². The molecular weight excluding hydrogens is 384 g/mol. The van der Waals surface area contributed by atoms with Crippen LogP contribution in [0.4, 0.5) is 4.39 Å². The summed E-state index contributed by atoms with van der Waals surface area (Å²) in [6.07, 6.45) is 0.639. The highest BCUT2D eigenvalue weighted by Crippen LogP contribution is 2.15. The van der Waals surface area contributed by atoms with Crippen LogP contribution >= 0.6 is 24.0 Å². The Bertz CT molecular complexity index is 460. The maximum absolute atomic E-state index is 13.1. The molecule has 0 fully saturated rings. The summed E-state index contributed by atoms with van der Waals surface area (Å²) in [5.74, 6) is 0.586. The molecule has 120 valence electrons. The molecule has 0 amide bonds. The number of guanidine groups is 1. The van der Waals surface area contributed by atoms with Crippen LogP contribution in [-0.2, 0) is 0 Å². The van der Waals surface area contributed by atoms with E-state index >= 15 is 0 Å². The Labute approximate surface area is 143 Å². The average molecular weight is 409 g/mol. The summed E-state index contributed by atoms with van der Waals surface area (Å²) in [5, 5.41) is 3.08. The zero-order chi connectivity index (χ0) is 15.2. The Morgan fingerprint density at radius 1 is 1.43 bits per heavy atom. The van der Waals surface area contributed by atoms with E-state index in [1.165, 1.54) is 12.1 Å². The fourth-order valence-electron chi connectivity index (χ4n) is 1.61. The van der Waals surface area contributed by atoms with E-state index in [0.29, 0.717) is 18.3 Å². The summed E-state index contributed by atoms with van der Waals surface area (Å²) in [5.41, 5.74) is 5.68. The summed E-state index contributed by atoms with van der Waals surface area (Å²) in [6.45, 7) is 8.45. The number of nitrogens with zero attached hydrogens (tertiary/aromatic N) is 1. The van der Waals surface area contributed by atoms with Gasteiger partial charge in [-0.25, -0.2) is 9.38 Å². The van der Waals surface area contributed by atoms with Crippen molar-refractivity contribution in [1.29, 1.82) is 0 Å². The lowest BCUT2D eigenvalue weighted by atomic mass is 10.1. The smallest absolute Gasteiger partial charge is 0.189 e. The number of benzene rings is 1. The molecule has 21 heavy (non-hydrogen) atoms. The van der Waals surface area contributed by atoms with Gasteiger partial charge in [-0.05, 0) is 39.3 Å². The number of hydrogen-bond acceptors (Lipinski definition) is 2. The van der Waals surface area contributed by atoms with E-state index in [4.69, 9.17) is 10.5 Å². The maximum Gasteiger partial charge on any atom is 0.189 e. The van der Waals surface area contributed by atoms with Gasteiger partial charge in [0.25, 0.3) is 0 Å². The second kappa shape index (κ2) is 9.07. The van der Waals surface area contributed by atoms with Gasteiger partial charge in [-0.3, -0.25) is 0 Å². The van der Waals surface area contributed by atoms with E-state index < -0.39 is 0 Å². The predicted molar refractivity (Wildman–Crippen MR) is 95.9 cm³/mol. The van der Waals surface area contributed by atoms with Crippen LogP contribution in [-0.4, -0.2) is 24.1 Å². The second-order valence-electron chi connectivity index (χ2n) is 5.71. The van der Waals surface area contributed by atoms with Gasteiger partial charge in [-0.15, -0.1) is 24.0 Å². The van der Waals surface area contributed by atoms with Crippen molar-refractivity contribution in [2.24, 2.45) is 10.7 Å². The van der Waals surface area contributed by atoms with Gasteiger partial charge in [-0.2, -0.15) is 0 Å². The first kappa shape index (κ1) is 19.9. The van der Waals surface area contributed by atoms with E-state index in [1.54, 1.807) is 12.1 Å². The van der Waals surface area contributed by atoms with Gasteiger partial charge in [0.05, 0.1) is 6.54 Å². The largest absolute Gasteiger partial charge is 0.488 e. The van der Waals surface area contributed by atoms with Crippen molar-refractivity contribution in [1.82, 2.24) is 5.32 Å². The van der Waals surface area contributed by atoms with Crippen LogP contribution in [0, 0.1) is 5.82 Å². The average Bonchev–Trinajstić information content (AvgIpc) is 2.32. The first-order valence-electron chi connectivity index (χ1n) is 6.80. The van der Waals surface area contributed by atoms with Crippen molar-refractivity contribution < 1.29 is 9.13 Å². The van der Waals surface area contributed by atoms with Gasteiger partial charge in [0.1, 0.15) is 17.7 Å². The second-order valence-corrected chi connectivity index (χ2v) is 5.71. The highest BCUT2D eigenvalue weighted by atomic mass is 127. The maximum atomic E-state index is 13.1. The van der Waals surface area contributed by atoms with Crippen molar-refractivity contribution in [3.63, 3.8) is 0 Å². The summed E-state index contributed by atoms with van der Waals surface area (Å²) in [6, 6.07) is 6.10. The molecule has 0 aliphatic carbocycles. The van der Waals surface area contributed by atoms with E-state index in [0.717, 1.165) is 6.42 Å². The first-order chi connectivity index (χ1) is 9.30. The van der Waals surface area contributed by atoms with Crippen LogP contribution in [0.5, 0.6) is 5.75 Å². The monoisotopic (exact) mass is 409 g/mol. The minimum Gasteiger partial charge on any atom is -0.488 e. The Kier molecular flexibility index (Phi) is 8.61. The van der Waals surface area contributed by atoms with Crippen molar-refractivity contribution >= 4 is 29.9 Å². The molecule has 0 aliphatic heterocycles. The molecule has 1 atom stereocenters. The number of aliphatic imine (C=N–C) groups is 1. The summed E-state index contributed by atoms with van der Waals surface area (Å²) >= 11 is 0. The van der Waals surface area contributed by atoms with Gasteiger partial charge in [0, 0.05) is 11.6 Å². The lowest BCUT2D eigenvalue weighted by molar-refractivity contribution is 0.205. The standard InChI is InChI=1S/C15H24FN3O.HI/c1-5-12(10-18-14(17)19-15(2,3)4)20-13-8-6-7-11(16)9-13;/h6-9,12H,5,10H2,1-4H3,(H3,17,18,19);1H. The van der Waals surface area contributed by atoms with Crippen molar-refractivity contribution in [3.8, 4) is 5.75 Å². The van der Waals surface area contributed by atoms with Crippen LogP contribution in [0.3, 0.4) is 0 Å². The van der Waals surface area contributed by atoms with E-state index in [2.05, 4.69) is 10.3 Å². The fraction of sp³-hybridized carbons (Fsp3) is 0.533. The minimum atomic E-state index is -0.310. The molecule has 0 heterocycles. The topological polar surface area (TPSA) is 59.6 Å². The summed E-state index contributed by atoms with van der Waals surface area (Å²) in [4.78, 5) is 4.26. The predicted octanol–water partition coefficient (Wildman–Crippen LogP) is 3.30. The van der Waals surface area contributed by atoms with Crippen molar-refractivity contribution in [2.45, 2.75) is 45.8 Å². The molecule has 1 aromatic rings. The van der Waals surface area contributed by atoms with Crippen molar-refractivity contribution in [3.05, 3.63) is 30.1 Å². The molecule has 4 nitrogen and oxygen atoms in total. The van der Waals surface area contributed by atoms with Crippen LogP contribution in [0.2, 0.25) is 0 Å². The number of nitrogens with one attached hydrogen (secondary N) is 1. The molecule has 1 rings (SSSR count). The van der Waals surface area contributed by atoms with E-state index in [1.807, 2.05) is 27.7 Å². The highest BCUT2D eigenvalue weighted by Gasteiger charge is 2.12. The number of ether oxygens (including phenoxy) is 1. The van der Waals surface area contributed by atoms with Crippen LogP contribution in [0.15, 0.2) is 29.3 Å². The van der Waals surface area contributed by atoms with Gasteiger partial charge in [0.15, 0.2) is 5.96 Å². The molecule has 0 aromatic heterocycles. The number of rotatable bonds is 5. The molecule has 0 radical (unpaired) electrons. The van der Waals surface area contributed by atoms with Crippen LogP contribution in [0.1, 0.15) is 34.1 Å². The summed E-state index contributed by atoms with van der Waals surface area (Å²) in [7, 11) is 0. The molecule has 1 aromatic carbocycles. The Hall–Kier alpha value is -1.05. The third kappa shape index (κ3) is 8.75. The molecule has 6 heteroatoms. The Balaban J connectivity index is 0.00000400.